The first kappa shape index (κ1) is 27.1. The van der Waals surface area contributed by atoms with Crippen molar-refractivity contribution in [3.05, 3.63) is 41.2 Å². The molecule has 0 saturated carbocycles. The van der Waals surface area contributed by atoms with E-state index in [1.165, 1.54) is 5.69 Å². The van der Waals surface area contributed by atoms with Crippen molar-refractivity contribution in [2.45, 2.75) is 60.5 Å². The summed E-state index contributed by atoms with van der Waals surface area (Å²) in [5.74, 6) is 2.36. The standard InChI is InChI=1S/C23H37N5O2.HI/c1-7-24-23(25-13-10-14-28-18(5)15-17(4)27-28)26-19(6)20-11-12-21(29-8-2)22(16-20)30-9-3;/h11-12,15-16,19H,7-10,13-14H2,1-6H3,(H2,24,25,26);1H. The van der Waals surface area contributed by atoms with Crippen LogP contribution in [0.4, 0.5) is 0 Å². The molecular weight excluding hydrogens is 505 g/mol. The number of benzene rings is 1. The zero-order valence-electron chi connectivity index (χ0n) is 19.7. The molecule has 2 rings (SSSR count). The Balaban J connectivity index is 0.00000480. The maximum atomic E-state index is 5.76. The topological polar surface area (TPSA) is 72.7 Å². The molecule has 0 spiro atoms. The number of halogens is 1. The molecule has 1 aromatic heterocycles. The minimum atomic E-state index is 0. The van der Waals surface area contributed by atoms with Crippen molar-refractivity contribution in [3.8, 4) is 11.5 Å². The second kappa shape index (κ2) is 14.2. The highest BCUT2D eigenvalue weighted by Gasteiger charge is 2.12. The van der Waals surface area contributed by atoms with Crippen molar-refractivity contribution in [3.63, 3.8) is 0 Å². The monoisotopic (exact) mass is 543 g/mol. The Labute approximate surface area is 204 Å². The lowest BCUT2D eigenvalue weighted by atomic mass is 10.1. The lowest BCUT2D eigenvalue weighted by Crippen LogP contribution is -2.38. The van der Waals surface area contributed by atoms with E-state index in [9.17, 15) is 0 Å². The lowest BCUT2D eigenvalue weighted by Gasteiger charge is -2.20. The third-order valence-corrected chi connectivity index (χ3v) is 4.67. The number of hydrogen-bond acceptors (Lipinski definition) is 4. The van der Waals surface area contributed by atoms with Gasteiger partial charge in [0, 0.05) is 25.3 Å². The average molecular weight is 543 g/mol. The van der Waals surface area contributed by atoms with Crippen molar-refractivity contribution >= 4 is 29.9 Å². The number of rotatable bonds is 11. The van der Waals surface area contributed by atoms with Crippen LogP contribution in [0.2, 0.25) is 0 Å². The summed E-state index contributed by atoms with van der Waals surface area (Å²) < 4.78 is 13.5. The second-order valence-corrected chi connectivity index (χ2v) is 7.20. The van der Waals surface area contributed by atoms with Gasteiger partial charge in [0.1, 0.15) is 0 Å². The summed E-state index contributed by atoms with van der Waals surface area (Å²) in [6, 6.07) is 8.26. The predicted molar refractivity (Wildman–Crippen MR) is 138 cm³/mol. The number of guanidine groups is 1. The number of hydrogen-bond donors (Lipinski definition) is 2. The van der Waals surface area contributed by atoms with Crippen LogP contribution in [-0.4, -0.2) is 42.0 Å². The first-order valence-corrected chi connectivity index (χ1v) is 10.9. The molecule has 0 bridgehead atoms. The molecule has 0 aliphatic carbocycles. The SMILES string of the molecule is CCNC(=NCCCn1nc(C)cc1C)NC(C)c1ccc(OCC)c(OCC)c1.I. The third-order valence-electron chi connectivity index (χ3n) is 4.67. The van der Waals surface area contributed by atoms with E-state index in [1.54, 1.807) is 0 Å². The minimum absolute atomic E-state index is 0. The van der Waals surface area contributed by atoms with E-state index < -0.39 is 0 Å². The van der Waals surface area contributed by atoms with E-state index >= 15 is 0 Å². The highest BCUT2D eigenvalue weighted by Crippen LogP contribution is 2.30. The zero-order valence-corrected chi connectivity index (χ0v) is 22.0. The molecule has 2 aromatic rings. The van der Waals surface area contributed by atoms with Gasteiger partial charge in [-0.15, -0.1) is 24.0 Å². The first-order chi connectivity index (χ1) is 14.5. The highest BCUT2D eigenvalue weighted by atomic mass is 127. The van der Waals surface area contributed by atoms with Crippen LogP contribution in [0.1, 0.15) is 57.1 Å². The van der Waals surface area contributed by atoms with E-state index in [0.717, 1.165) is 54.8 Å². The first-order valence-electron chi connectivity index (χ1n) is 10.9. The van der Waals surface area contributed by atoms with Crippen molar-refractivity contribution < 1.29 is 9.47 Å². The summed E-state index contributed by atoms with van der Waals surface area (Å²) in [7, 11) is 0. The molecule has 0 amide bonds. The van der Waals surface area contributed by atoms with Crippen LogP contribution in [0.5, 0.6) is 11.5 Å². The van der Waals surface area contributed by atoms with Crippen LogP contribution in [0.15, 0.2) is 29.3 Å². The molecule has 8 heteroatoms. The van der Waals surface area contributed by atoms with E-state index in [1.807, 2.05) is 37.6 Å². The average Bonchev–Trinajstić information content (AvgIpc) is 3.04. The van der Waals surface area contributed by atoms with E-state index in [4.69, 9.17) is 14.5 Å². The van der Waals surface area contributed by atoms with Gasteiger partial charge in [-0.05, 0) is 71.7 Å². The molecule has 2 N–H and O–H groups in total. The van der Waals surface area contributed by atoms with Gasteiger partial charge in [-0.1, -0.05) is 6.07 Å². The summed E-state index contributed by atoms with van der Waals surface area (Å²) >= 11 is 0. The Kier molecular flexibility index (Phi) is 12.4. The Morgan fingerprint density at radius 2 is 1.81 bits per heavy atom. The van der Waals surface area contributed by atoms with Crippen LogP contribution in [0.25, 0.3) is 0 Å². The van der Waals surface area contributed by atoms with Gasteiger partial charge < -0.3 is 20.1 Å². The van der Waals surface area contributed by atoms with Crippen LogP contribution in [0.3, 0.4) is 0 Å². The summed E-state index contributed by atoms with van der Waals surface area (Å²) in [6.45, 7) is 15.9. The van der Waals surface area contributed by atoms with E-state index in [0.29, 0.717) is 13.2 Å². The molecule has 0 fully saturated rings. The molecule has 31 heavy (non-hydrogen) atoms. The molecular formula is C23H38IN5O2. The molecule has 1 heterocycles. The molecule has 7 nitrogen and oxygen atoms in total. The van der Waals surface area contributed by atoms with Crippen molar-refractivity contribution in [1.82, 2.24) is 20.4 Å². The summed E-state index contributed by atoms with van der Waals surface area (Å²) in [5.41, 5.74) is 3.37. The number of nitrogens with zero attached hydrogens (tertiary/aromatic N) is 3. The molecule has 0 aliphatic rings. The fourth-order valence-electron chi connectivity index (χ4n) is 3.26. The number of aryl methyl sites for hydroxylation is 3. The van der Waals surface area contributed by atoms with Crippen molar-refractivity contribution in [2.75, 3.05) is 26.3 Å². The van der Waals surface area contributed by atoms with Gasteiger partial charge >= 0.3 is 0 Å². The molecule has 0 radical (unpaired) electrons. The number of aliphatic imine (C=N–C) groups is 1. The molecule has 1 unspecified atom stereocenters. The number of ether oxygens (including phenoxy) is 2. The van der Waals surface area contributed by atoms with Gasteiger partial charge in [-0.2, -0.15) is 5.10 Å². The molecule has 0 aliphatic heterocycles. The fraction of sp³-hybridized carbons (Fsp3) is 0.565. The van der Waals surface area contributed by atoms with Gasteiger partial charge in [-0.3, -0.25) is 9.67 Å². The second-order valence-electron chi connectivity index (χ2n) is 7.20. The van der Waals surface area contributed by atoms with Gasteiger partial charge in [0.05, 0.1) is 24.9 Å². The van der Waals surface area contributed by atoms with E-state index in [2.05, 4.69) is 48.6 Å². The van der Waals surface area contributed by atoms with Crippen LogP contribution in [0, 0.1) is 13.8 Å². The Morgan fingerprint density at radius 1 is 1.10 bits per heavy atom. The van der Waals surface area contributed by atoms with Crippen LogP contribution in [-0.2, 0) is 6.54 Å². The third kappa shape index (κ3) is 8.59. The normalized spacial score (nSPS) is 12.1. The maximum Gasteiger partial charge on any atom is 0.191 e. The smallest absolute Gasteiger partial charge is 0.191 e. The van der Waals surface area contributed by atoms with E-state index in [-0.39, 0.29) is 30.0 Å². The molecule has 0 saturated heterocycles. The fourth-order valence-corrected chi connectivity index (χ4v) is 3.26. The Bertz CT molecular complexity index is 822. The maximum absolute atomic E-state index is 5.76. The van der Waals surface area contributed by atoms with Crippen molar-refractivity contribution in [2.24, 2.45) is 4.99 Å². The minimum Gasteiger partial charge on any atom is -0.490 e. The van der Waals surface area contributed by atoms with Crippen molar-refractivity contribution in [1.29, 1.82) is 0 Å². The quantitative estimate of drug-likeness (QED) is 0.187. The number of aromatic nitrogens is 2. The molecule has 1 atom stereocenters. The largest absolute Gasteiger partial charge is 0.490 e. The van der Waals surface area contributed by atoms with Gasteiger partial charge in [-0.25, -0.2) is 0 Å². The Morgan fingerprint density at radius 3 is 2.42 bits per heavy atom. The van der Waals surface area contributed by atoms with Gasteiger partial charge in [0.15, 0.2) is 17.5 Å². The number of nitrogens with one attached hydrogen (secondary N) is 2. The van der Waals surface area contributed by atoms with Crippen LogP contribution >= 0.6 is 24.0 Å². The summed E-state index contributed by atoms with van der Waals surface area (Å²) in [4.78, 5) is 4.73. The van der Waals surface area contributed by atoms with Gasteiger partial charge in [0.2, 0.25) is 0 Å². The molecule has 174 valence electrons. The summed E-state index contributed by atoms with van der Waals surface area (Å²) in [6.07, 6.45) is 0.935. The summed E-state index contributed by atoms with van der Waals surface area (Å²) in [5, 5.41) is 11.3. The van der Waals surface area contributed by atoms with Gasteiger partial charge in [0.25, 0.3) is 0 Å². The molecule has 1 aromatic carbocycles. The lowest BCUT2D eigenvalue weighted by molar-refractivity contribution is 0.287. The zero-order chi connectivity index (χ0) is 21.9. The van der Waals surface area contributed by atoms with Crippen LogP contribution < -0.4 is 20.1 Å². The Hall–Kier alpha value is -1.97. The predicted octanol–water partition coefficient (Wildman–Crippen LogP) is 4.62. The highest BCUT2D eigenvalue weighted by molar-refractivity contribution is 14.0.